The molecule has 2 aromatic rings. The van der Waals surface area contributed by atoms with E-state index in [0.29, 0.717) is 5.69 Å². The Kier molecular flexibility index (Phi) is 7.62. The minimum absolute atomic E-state index is 0.0223. The van der Waals surface area contributed by atoms with Crippen molar-refractivity contribution < 1.29 is 26.6 Å². The van der Waals surface area contributed by atoms with Crippen molar-refractivity contribution in [2.45, 2.75) is 22.6 Å². The van der Waals surface area contributed by atoms with E-state index in [1.165, 1.54) is 32.3 Å². The highest BCUT2D eigenvalue weighted by molar-refractivity contribution is 7.89. The Labute approximate surface area is 202 Å². The molecular formula is C20H23ClN4O7S2. The molecule has 0 atom stereocenters. The van der Waals surface area contributed by atoms with Crippen LogP contribution in [0.4, 0.5) is 11.4 Å². The van der Waals surface area contributed by atoms with Crippen molar-refractivity contribution in [3.05, 3.63) is 57.6 Å². The lowest BCUT2D eigenvalue weighted by Crippen LogP contribution is -2.41. The molecule has 1 amide bonds. The van der Waals surface area contributed by atoms with Crippen LogP contribution < -0.4 is 5.32 Å². The van der Waals surface area contributed by atoms with Gasteiger partial charge in [-0.2, -0.15) is 4.31 Å². The summed E-state index contributed by atoms with van der Waals surface area (Å²) in [6, 6.07) is 9.07. The number of piperidine rings is 1. The van der Waals surface area contributed by atoms with E-state index in [1.54, 1.807) is 6.07 Å². The van der Waals surface area contributed by atoms with Crippen molar-refractivity contribution in [1.82, 2.24) is 8.61 Å². The van der Waals surface area contributed by atoms with Crippen LogP contribution in [0.5, 0.6) is 0 Å². The second kappa shape index (κ2) is 9.96. The van der Waals surface area contributed by atoms with E-state index in [9.17, 15) is 31.7 Å². The zero-order valence-corrected chi connectivity index (χ0v) is 20.7. The largest absolute Gasteiger partial charge is 0.326 e. The van der Waals surface area contributed by atoms with Crippen molar-refractivity contribution in [3.8, 4) is 0 Å². The van der Waals surface area contributed by atoms with Crippen molar-refractivity contribution >= 4 is 48.9 Å². The van der Waals surface area contributed by atoms with Crippen LogP contribution in [-0.2, 0) is 24.8 Å². The van der Waals surface area contributed by atoms with Gasteiger partial charge in [0.05, 0.1) is 14.8 Å². The van der Waals surface area contributed by atoms with Gasteiger partial charge in [-0.25, -0.2) is 21.1 Å². The summed E-state index contributed by atoms with van der Waals surface area (Å²) >= 11 is 6.00. The maximum Gasteiger partial charge on any atom is 0.270 e. The van der Waals surface area contributed by atoms with Crippen LogP contribution in [0.15, 0.2) is 52.3 Å². The quantitative estimate of drug-likeness (QED) is 0.427. The summed E-state index contributed by atoms with van der Waals surface area (Å²) in [7, 11) is -4.95. The molecule has 11 nitrogen and oxygen atoms in total. The second-order valence-electron chi connectivity index (χ2n) is 7.85. The van der Waals surface area contributed by atoms with E-state index in [-0.39, 0.29) is 46.7 Å². The average molecular weight is 531 g/mol. The van der Waals surface area contributed by atoms with Gasteiger partial charge in [-0.1, -0.05) is 17.7 Å². The van der Waals surface area contributed by atoms with Gasteiger partial charge in [-0.15, -0.1) is 0 Å². The van der Waals surface area contributed by atoms with Gasteiger partial charge in [0.25, 0.3) is 5.69 Å². The van der Waals surface area contributed by atoms with Crippen LogP contribution in [0.1, 0.15) is 12.8 Å². The van der Waals surface area contributed by atoms with Crippen LogP contribution in [-0.4, -0.2) is 63.5 Å². The molecule has 1 saturated heterocycles. The summed E-state index contributed by atoms with van der Waals surface area (Å²) in [5.41, 5.74) is -0.0814. The summed E-state index contributed by atoms with van der Waals surface area (Å²) in [5, 5.41) is 13.6. The Hall–Kier alpha value is -2.58. The van der Waals surface area contributed by atoms with E-state index in [1.807, 2.05) is 0 Å². The predicted molar refractivity (Wildman–Crippen MR) is 126 cm³/mol. The Morgan fingerprint density at radius 1 is 1.12 bits per heavy atom. The number of nitro benzene ring substituents is 1. The molecular weight excluding hydrogens is 508 g/mol. The first-order valence-electron chi connectivity index (χ1n) is 10.1. The van der Waals surface area contributed by atoms with Crippen LogP contribution in [0.3, 0.4) is 0 Å². The standard InChI is InChI=1S/C20H23ClN4O7S2/c1-23(2)33(29,30)17-5-3-4-15(12-17)22-20(26)14-8-10-24(11-9-14)34(31,32)19-13-16(25(27)28)6-7-18(19)21/h3-7,12-14H,8-11H2,1-2H3,(H,22,26). The maximum atomic E-state index is 13.0. The zero-order chi connectivity index (χ0) is 25.3. The lowest BCUT2D eigenvalue weighted by molar-refractivity contribution is -0.385. The number of non-ortho nitro benzene ring substituents is 1. The predicted octanol–water partition coefficient (Wildman–Crippen LogP) is 2.54. The monoisotopic (exact) mass is 530 g/mol. The number of sulfonamides is 2. The van der Waals surface area contributed by atoms with Crippen LogP contribution in [0.2, 0.25) is 5.02 Å². The van der Waals surface area contributed by atoms with E-state index in [0.717, 1.165) is 26.8 Å². The number of carbonyl (C=O) groups excluding carboxylic acids is 1. The van der Waals surface area contributed by atoms with Crippen molar-refractivity contribution in [3.63, 3.8) is 0 Å². The Bertz CT molecular complexity index is 1320. The highest BCUT2D eigenvalue weighted by Gasteiger charge is 2.34. The van der Waals surface area contributed by atoms with Gasteiger partial charge in [0.1, 0.15) is 4.90 Å². The number of nitrogens with one attached hydrogen (secondary N) is 1. The molecule has 1 fully saturated rings. The summed E-state index contributed by atoms with van der Waals surface area (Å²) < 4.78 is 52.8. The van der Waals surface area contributed by atoms with Crippen molar-refractivity contribution in [2.75, 3.05) is 32.5 Å². The summed E-state index contributed by atoms with van der Waals surface area (Å²) in [5.74, 6) is -0.856. The number of rotatable bonds is 7. The van der Waals surface area contributed by atoms with Gasteiger partial charge in [0.15, 0.2) is 0 Å². The third-order valence-corrected chi connectivity index (χ3v) is 9.64. The topological polar surface area (TPSA) is 147 Å². The summed E-state index contributed by atoms with van der Waals surface area (Å²) in [6.07, 6.45) is 0.431. The second-order valence-corrected chi connectivity index (χ2v) is 12.3. The molecule has 1 N–H and O–H groups in total. The number of nitrogens with zero attached hydrogens (tertiary/aromatic N) is 3. The van der Waals surface area contributed by atoms with Gasteiger partial charge in [0, 0.05) is 50.9 Å². The summed E-state index contributed by atoms with van der Waals surface area (Å²) in [4.78, 5) is 22.7. The number of amides is 1. The zero-order valence-electron chi connectivity index (χ0n) is 18.3. The third kappa shape index (κ3) is 5.39. The highest BCUT2D eigenvalue weighted by Crippen LogP contribution is 2.31. The highest BCUT2D eigenvalue weighted by atomic mass is 35.5. The number of nitro groups is 1. The number of hydrogen-bond donors (Lipinski definition) is 1. The van der Waals surface area contributed by atoms with Crippen molar-refractivity contribution in [2.24, 2.45) is 5.92 Å². The maximum absolute atomic E-state index is 13.0. The molecule has 2 aromatic carbocycles. The molecule has 0 radical (unpaired) electrons. The smallest absolute Gasteiger partial charge is 0.270 e. The molecule has 34 heavy (non-hydrogen) atoms. The third-order valence-electron chi connectivity index (χ3n) is 5.45. The molecule has 184 valence electrons. The SMILES string of the molecule is CN(C)S(=O)(=O)c1cccc(NC(=O)C2CCN(S(=O)(=O)c3cc([N+](=O)[O-])ccc3Cl)CC2)c1. The molecule has 0 unspecified atom stereocenters. The van der Waals surface area contributed by atoms with E-state index < -0.39 is 36.6 Å². The number of halogens is 1. The minimum atomic E-state index is -4.09. The molecule has 1 aliphatic heterocycles. The first-order valence-corrected chi connectivity index (χ1v) is 13.4. The van der Waals surface area contributed by atoms with Gasteiger partial charge in [0.2, 0.25) is 26.0 Å². The molecule has 0 spiro atoms. The molecule has 0 saturated carbocycles. The first-order chi connectivity index (χ1) is 15.8. The Balaban J connectivity index is 1.69. The fourth-order valence-corrected chi connectivity index (χ4v) is 6.40. The normalized spacial score (nSPS) is 15.9. The molecule has 3 rings (SSSR count). The fourth-order valence-electron chi connectivity index (χ4n) is 3.49. The van der Waals surface area contributed by atoms with Gasteiger partial charge in [-0.3, -0.25) is 14.9 Å². The number of benzene rings is 2. The number of anilines is 1. The number of carbonyl (C=O) groups is 1. The average Bonchev–Trinajstić information content (AvgIpc) is 2.79. The van der Waals surface area contributed by atoms with E-state index in [2.05, 4.69) is 5.32 Å². The Morgan fingerprint density at radius 2 is 1.76 bits per heavy atom. The van der Waals surface area contributed by atoms with E-state index in [4.69, 9.17) is 11.6 Å². The van der Waals surface area contributed by atoms with Crippen LogP contribution in [0.25, 0.3) is 0 Å². The minimum Gasteiger partial charge on any atom is -0.326 e. The molecule has 0 bridgehead atoms. The molecule has 14 heteroatoms. The molecule has 1 heterocycles. The van der Waals surface area contributed by atoms with E-state index >= 15 is 0 Å². The van der Waals surface area contributed by atoms with Gasteiger partial charge in [-0.05, 0) is 37.1 Å². The lowest BCUT2D eigenvalue weighted by atomic mass is 9.97. The van der Waals surface area contributed by atoms with Gasteiger partial charge < -0.3 is 5.32 Å². The van der Waals surface area contributed by atoms with Gasteiger partial charge >= 0.3 is 0 Å². The number of hydrogen-bond acceptors (Lipinski definition) is 7. The Morgan fingerprint density at radius 3 is 2.35 bits per heavy atom. The first kappa shape index (κ1) is 26.0. The van der Waals surface area contributed by atoms with Crippen molar-refractivity contribution in [1.29, 1.82) is 0 Å². The van der Waals surface area contributed by atoms with Crippen LogP contribution >= 0.6 is 11.6 Å². The summed E-state index contributed by atoms with van der Waals surface area (Å²) in [6.45, 7) is 0.0446. The lowest BCUT2D eigenvalue weighted by Gasteiger charge is -2.30. The molecule has 0 aromatic heterocycles. The molecule has 0 aliphatic carbocycles. The molecule has 1 aliphatic rings. The fraction of sp³-hybridized carbons (Fsp3) is 0.350. The van der Waals surface area contributed by atoms with Crippen LogP contribution in [0, 0.1) is 16.0 Å².